The smallest absolute Gasteiger partial charge is 0.256 e. The standard InChI is InChI=1S/C16H12Cl2N2O2/c17-12-7-6-10(8-13(12)18)19-14-9-15(21)20(16(14)22)11-4-2-1-3-5-11/h1-8,14,19H,9H2/t14-/m0/s1. The van der Waals surface area contributed by atoms with E-state index in [0.717, 1.165) is 0 Å². The second-order valence-electron chi connectivity index (χ2n) is 4.93. The van der Waals surface area contributed by atoms with E-state index in [-0.39, 0.29) is 18.2 Å². The quantitative estimate of drug-likeness (QED) is 0.870. The van der Waals surface area contributed by atoms with Gasteiger partial charge in [-0.1, -0.05) is 41.4 Å². The first-order chi connectivity index (χ1) is 10.6. The predicted molar refractivity (Wildman–Crippen MR) is 87.4 cm³/mol. The lowest BCUT2D eigenvalue weighted by atomic mass is 10.2. The first-order valence-corrected chi connectivity index (χ1v) is 7.45. The Labute approximate surface area is 137 Å². The summed E-state index contributed by atoms with van der Waals surface area (Å²) < 4.78 is 0. The van der Waals surface area contributed by atoms with Crippen molar-refractivity contribution in [1.82, 2.24) is 0 Å². The monoisotopic (exact) mass is 334 g/mol. The number of nitrogens with one attached hydrogen (secondary N) is 1. The molecule has 0 bridgehead atoms. The minimum atomic E-state index is -0.607. The number of amides is 2. The number of hydrogen-bond donors (Lipinski definition) is 1. The van der Waals surface area contributed by atoms with Gasteiger partial charge in [0, 0.05) is 5.69 Å². The second-order valence-corrected chi connectivity index (χ2v) is 5.75. The van der Waals surface area contributed by atoms with Gasteiger partial charge in [-0.05, 0) is 30.3 Å². The molecule has 1 heterocycles. The minimum absolute atomic E-state index is 0.105. The van der Waals surface area contributed by atoms with Gasteiger partial charge in [0.2, 0.25) is 5.91 Å². The van der Waals surface area contributed by atoms with Gasteiger partial charge in [-0.25, -0.2) is 4.90 Å². The van der Waals surface area contributed by atoms with E-state index in [9.17, 15) is 9.59 Å². The van der Waals surface area contributed by atoms with Crippen LogP contribution < -0.4 is 10.2 Å². The van der Waals surface area contributed by atoms with Crippen molar-refractivity contribution in [1.29, 1.82) is 0 Å². The molecule has 0 aliphatic carbocycles. The van der Waals surface area contributed by atoms with Gasteiger partial charge >= 0.3 is 0 Å². The highest BCUT2D eigenvalue weighted by Gasteiger charge is 2.39. The number of benzene rings is 2. The summed E-state index contributed by atoms with van der Waals surface area (Å²) in [5.74, 6) is -0.504. The number of hydrogen-bond acceptors (Lipinski definition) is 3. The molecule has 0 aromatic heterocycles. The van der Waals surface area contributed by atoms with Crippen molar-refractivity contribution in [3.63, 3.8) is 0 Å². The Kier molecular flexibility index (Phi) is 4.05. The van der Waals surface area contributed by atoms with Crippen LogP contribution in [0.2, 0.25) is 10.0 Å². The molecular formula is C16H12Cl2N2O2. The fourth-order valence-electron chi connectivity index (χ4n) is 2.38. The summed E-state index contributed by atoms with van der Waals surface area (Å²) in [6, 6.07) is 13.3. The van der Waals surface area contributed by atoms with Crippen molar-refractivity contribution in [3.8, 4) is 0 Å². The number of imide groups is 1. The van der Waals surface area contributed by atoms with Gasteiger partial charge in [0.25, 0.3) is 5.91 Å². The molecule has 0 radical (unpaired) electrons. The topological polar surface area (TPSA) is 49.4 Å². The SMILES string of the molecule is O=C1C[C@H](Nc2ccc(Cl)c(Cl)c2)C(=O)N1c1ccccc1. The van der Waals surface area contributed by atoms with Crippen molar-refractivity contribution in [2.24, 2.45) is 0 Å². The van der Waals surface area contributed by atoms with Crippen LogP contribution in [-0.2, 0) is 9.59 Å². The average molecular weight is 335 g/mol. The molecule has 1 fully saturated rings. The molecule has 1 aliphatic heterocycles. The van der Waals surface area contributed by atoms with E-state index in [1.165, 1.54) is 4.90 Å². The summed E-state index contributed by atoms with van der Waals surface area (Å²) in [5, 5.41) is 3.86. The molecule has 1 saturated heterocycles. The maximum atomic E-state index is 12.5. The van der Waals surface area contributed by atoms with E-state index >= 15 is 0 Å². The third-order valence-electron chi connectivity index (χ3n) is 3.42. The van der Waals surface area contributed by atoms with E-state index in [1.54, 1.807) is 42.5 Å². The molecule has 0 saturated carbocycles. The highest BCUT2D eigenvalue weighted by Crippen LogP contribution is 2.28. The molecule has 2 aromatic rings. The first kappa shape index (κ1) is 14.9. The van der Waals surface area contributed by atoms with E-state index < -0.39 is 6.04 Å². The minimum Gasteiger partial charge on any atom is -0.373 e. The van der Waals surface area contributed by atoms with Crippen LogP contribution in [0.1, 0.15) is 6.42 Å². The van der Waals surface area contributed by atoms with Crippen LogP contribution in [-0.4, -0.2) is 17.9 Å². The van der Waals surface area contributed by atoms with Gasteiger partial charge < -0.3 is 5.32 Å². The van der Waals surface area contributed by atoms with Gasteiger partial charge in [-0.3, -0.25) is 9.59 Å². The maximum Gasteiger partial charge on any atom is 0.256 e. The predicted octanol–water partition coefficient (Wildman–Crippen LogP) is 3.74. The van der Waals surface area contributed by atoms with Crippen molar-refractivity contribution in [3.05, 3.63) is 58.6 Å². The molecular weight excluding hydrogens is 323 g/mol. The number of rotatable bonds is 3. The van der Waals surface area contributed by atoms with Gasteiger partial charge in [0.05, 0.1) is 22.2 Å². The highest BCUT2D eigenvalue weighted by molar-refractivity contribution is 6.42. The fraction of sp³-hybridized carbons (Fsp3) is 0.125. The zero-order chi connectivity index (χ0) is 15.7. The van der Waals surface area contributed by atoms with Crippen molar-refractivity contribution in [2.75, 3.05) is 10.2 Å². The summed E-state index contributed by atoms with van der Waals surface area (Å²) in [7, 11) is 0. The Morgan fingerprint density at radius 3 is 2.41 bits per heavy atom. The van der Waals surface area contributed by atoms with Gasteiger partial charge in [-0.2, -0.15) is 0 Å². The Morgan fingerprint density at radius 2 is 1.73 bits per heavy atom. The molecule has 1 atom stereocenters. The summed E-state index contributed by atoms with van der Waals surface area (Å²) in [5.41, 5.74) is 1.23. The van der Waals surface area contributed by atoms with Crippen molar-refractivity contribution >= 4 is 46.4 Å². The van der Waals surface area contributed by atoms with Crippen LogP contribution in [0.5, 0.6) is 0 Å². The number of carbonyl (C=O) groups excluding carboxylic acids is 2. The van der Waals surface area contributed by atoms with Gasteiger partial charge in [0.15, 0.2) is 0 Å². The Bertz CT molecular complexity index is 734. The largest absolute Gasteiger partial charge is 0.373 e. The number of carbonyl (C=O) groups is 2. The lowest BCUT2D eigenvalue weighted by Gasteiger charge is -2.16. The van der Waals surface area contributed by atoms with E-state index in [1.807, 2.05) is 6.07 Å². The molecule has 1 N–H and O–H groups in total. The summed E-state index contributed by atoms with van der Waals surface area (Å²) >= 11 is 11.8. The van der Waals surface area contributed by atoms with Gasteiger partial charge in [0.1, 0.15) is 6.04 Å². The van der Waals surface area contributed by atoms with Crippen molar-refractivity contribution < 1.29 is 9.59 Å². The number of anilines is 2. The molecule has 6 heteroatoms. The molecule has 0 unspecified atom stereocenters. The van der Waals surface area contributed by atoms with Gasteiger partial charge in [-0.15, -0.1) is 0 Å². The van der Waals surface area contributed by atoms with Crippen LogP contribution in [0.25, 0.3) is 0 Å². The molecule has 1 aliphatic rings. The lowest BCUT2D eigenvalue weighted by molar-refractivity contribution is -0.121. The van der Waals surface area contributed by atoms with E-state index in [4.69, 9.17) is 23.2 Å². The fourth-order valence-corrected chi connectivity index (χ4v) is 2.68. The second kappa shape index (κ2) is 5.99. The summed E-state index contributed by atoms with van der Waals surface area (Å²) in [6.07, 6.45) is 0.105. The number of para-hydroxylation sites is 1. The van der Waals surface area contributed by atoms with Crippen LogP contribution >= 0.6 is 23.2 Å². The zero-order valence-corrected chi connectivity index (χ0v) is 12.9. The van der Waals surface area contributed by atoms with Crippen LogP contribution in [0.15, 0.2) is 48.5 Å². The lowest BCUT2D eigenvalue weighted by Crippen LogP contribution is -2.34. The third-order valence-corrected chi connectivity index (χ3v) is 4.16. The van der Waals surface area contributed by atoms with Crippen LogP contribution in [0.4, 0.5) is 11.4 Å². The normalized spacial score (nSPS) is 17.9. The molecule has 3 rings (SSSR count). The maximum absolute atomic E-state index is 12.5. The molecule has 112 valence electrons. The molecule has 2 amide bonds. The zero-order valence-electron chi connectivity index (χ0n) is 11.4. The van der Waals surface area contributed by atoms with E-state index in [0.29, 0.717) is 21.4 Å². The number of halogens is 2. The molecule has 2 aromatic carbocycles. The summed E-state index contributed by atoms with van der Waals surface area (Å²) in [4.78, 5) is 25.8. The summed E-state index contributed by atoms with van der Waals surface area (Å²) in [6.45, 7) is 0. The van der Waals surface area contributed by atoms with E-state index in [2.05, 4.69) is 5.32 Å². The van der Waals surface area contributed by atoms with Crippen LogP contribution in [0.3, 0.4) is 0 Å². The molecule has 4 nitrogen and oxygen atoms in total. The Hall–Kier alpha value is -2.04. The third kappa shape index (κ3) is 2.80. The molecule has 22 heavy (non-hydrogen) atoms. The Balaban J connectivity index is 1.80. The average Bonchev–Trinajstić information content (AvgIpc) is 2.78. The number of nitrogens with zero attached hydrogens (tertiary/aromatic N) is 1. The van der Waals surface area contributed by atoms with Crippen molar-refractivity contribution in [2.45, 2.75) is 12.5 Å². The highest BCUT2D eigenvalue weighted by atomic mass is 35.5. The van der Waals surface area contributed by atoms with Crippen LogP contribution in [0, 0.1) is 0 Å². The first-order valence-electron chi connectivity index (χ1n) is 6.69. The Morgan fingerprint density at radius 1 is 1.00 bits per heavy atom. The molecule has 0 spiro atoms.